The molecule has 4 aromatic rings. The number of hydrogen-bond acceptors (Lipinski definition) is 5. The number of aromatic amines is 1. The first-order chi connectivity index (χ1) is 16.1. The van der Waals surface area contributed by atoms with Gasteiger partial charge in [0.1, 0.15) is 6.07 Å². The summed E-state index contributed by atoms with van der Waals surface area (Å²) in [6.45, 7) is 7.73. The Morgan fingerprint density at radius 2 is 2.09 bits per heavy atom. The fraction of sp³-hybridized carbons (Fsp3) is 0.200. The summed E-state index contributed by atoms with van der Waals surface area (Å²) in [7, 11) is 1.66. The van der Waals surface area contributed by atoms with Crippen LogP contribution in [-0.4, -0.2) is 20.0 Å². The van der Waals surface area contributed by atoms with Gasteiger partial charge in [0.15, 0.2) is 5.82 Å². The lowest BCUT2D eigenvalue weighted by atomic mass is 9.80. The third-order valence-electron chi connectivity index (χ3n) is 6.08. The van der Waals surface area contributed by atoms with Crippen molar-refractivity contribution in [2.24, 2.45) is 12.8 Å². The molecule has 2 aromatic carbocycles. The molecule has 0 unspecified atom stereocenters. The molecule has 7 nitrogen and oxygen atoms in total. The molecule has 0 saturated heterocycles. The van der Waals surface area contributed by atoms with Gasteiger partial charge in [-0.1, -0.05) is 37.6 Å². The quantitative estimate of drug-likeness (QED) is 0.409. The van der Waals surface area contributed by atoms with E-state index in [0.29, 0.717) is 38.9 Å². The summed E-state index contributed by atoms with van der Waals surface area (Å²) >= 11 is 6.30. The van der Waals surface area contributed by atoms with Crippen LogP contribution < -0.4 is 11.3 Å². The van der Waals surface area contributed by atoms with Crippen LogP contribution in [0.3, 0.4) is 0 Å². The molecule has 0 radical (unpaired) electrons. The van der Waals surface area contributed by atoms with Gasteiger partial charge in [0.25, 0.3) is 5.56 Å². The minimum Gasteiger partial charge on any atom is -0.325 e. The van der Waals surface area contributed by atoms with E-state index in [1.54, 1.807) is 37.5 Å². The summed E-state index contributed by atoms with van der Waals surface area (Å²) in [6.07, 6.45) is 3.27. The predicted molar refractivity (Wildman–Crippen MR) is 131 cm³/mol. The van der Waals surface area contributed by atoms with Gasteiger partial charge in [0.2, 0.25) is 0 Å². The molecule has 0 aliphatic rings. The number of H-pyrrole nitrogens is 1. The number of aromatic nitrogens is 4. The smallest absolute Gasteiger partial charge is 0.272 e. The Kier molecular flexibility index (Phi) is 5.86. The van der Waals surface area contributed by atoms with Crippen LogP contribution in [0.1, 0.15) is 30.7 Å². The van der Waals surface area contributed by atoms with Crippen molar-refractivity contribution in [1.82, 2.24) is 20.0 Å². The van der Waals surface area contributed by atoms with Gasteiger partial charge in [-0.05, 0) is 29.3 Å². The van der Waals surface area contributed by atoms with Crippen molar-refractivity contribution in [3.8, 4) is 28.5 Å². The maximum atomic E-state index is 15.6. The number of rotatable bonds is 5. The Hall–Kier alpha value is -3.80. The number of aryl methyl sites for hydroxylation is 1. The molecule has 0 aliphatic heterocycles. The first kappa shape index (κ1) is 23.4. The first-order valence-corrected chi connectivity index (χ1v) is 10.8. The molecular weight excluding hydrogens is 455 g/mol. The van der Waals surface area contributed by atoms with Crippen molar-refractivity contribution < 1.29 is 4.39 Å². The zero-order valence-corrected chi connectivity index (χ0v) is 19.7. The number of benzene rings is 2. The molecule has 0 bridgehead atoms. The molecule has 2 heterocycles. The Bertz CT molecular complexity index is 1560. The Morgan fingerprint density at radius 3 is 2.74 bits per heavy atom. The van der Waals surface area contributed by atoms with Crippen molar-refractivity contribution in [2.45, 2.75) is 25.8 Å². The summed E-state index contributed by atoms with van der Waals surface area (Å²) in [4.78, 5) is 12.2. The molecule has 172 valence electrons. The summed E-state index contributed by atoms with van der Waals surface area (Å²) in [5, 5.41) is 21.8. The maximum absolute atomic E-state index is 15.6. The van der Waals surface area contributed by atoms with Gasteiger partial charge in [-0.25, -0.2) is 9.49 Å². The minimum absolute atomic E-state index is 0.0538. The second-order valence-corrected chi connectivity index (χ2v) is 8.91. The first-order valence-electron chi connectivity index (χ1n) is 10.4. The van der Waals surface area contributed by atoms with Gasteiger partial charge in [-0.2, -0.15) is 15.5 Å². The molecule has 0 fully saturated rings. The number of nitriles is 1. The molecule has 34 heavy (non-hydrogen) atoms. The number of fused-ring (bicyclic) bond motifs is 1. The highest BCUT2D eigenvalue weighted by molar-refractivity contribution is 6.31. The molecule has 3 N–H and O–H groups in total. The number of nitrogens with one attached hydrogen (secondary N) is 1. The molecule has 0 aliphatic carbocycles. The average Bonchev–Trinajstić information content (AvgIpc) is 3.21. The van der Waals surface area contributed by atoms with Crippen molar-refractivity contribution in [3.05, 3.63) is 81.1 Å². The second kappa shape index (κ2) is 8.52. The number of allylic oxidation sites excluding steroid dienone is 1. The van der Waals surface area contributed by atoms with Crippen LogP contribution in [-0.2, 0) is 19.0 Å². The molecule has 0 atom stereocenters. The van der Waals surface area contributed by atoms with E-state index >= 15 is 4.39 Å². The zero-order chi connectivity index (χ0) is 24.8. The van der Waals surface area contributed by atoms with Crippen LogP contribution in [0.4, 0.5) is 4.39 Å². The van der Waals surface area contributed by atoms with E-state index in [-0.39, 0.29) is 28.3 Å². The summed E-state index contributed by atoms with van der Waals surface area (Å²) in [5.41, 5.74) is 7.71. The lowest BCUT2D eigenvalue weighted by Gasteiger charge is -2.24. The lowest BCUT2D eigenvalue weighted by molar-refractivity contribution is 0.619. The van der Waals surface area contributed by atoms with Crippen LogP contribution in [0.15, 0.2) is 47.9 Å². The lowest BCUT2D eigenvalue weighted by Crippen LogP contribution is -2.17. The average molecular weight is 477 g/mol. The Balaban J connectivity index is 2.07. The standard InChI is InChI=1S/C25H22ClFN6O/c1-5-25(2,3)18-9-19(26)22(27)21(16(18)10-28)23-17(12-30-33(23)4)13-6-7-14-15(8-13)20(11-29)31-32-24(14)34/h5-9,12H,1,11,29H2,2-4H3,(H,32,34). The van der Waals surface area contributed by atoms with E-state index in [2.05, 4.69) is 27.9 Å². The van der Waals surface area contributed by atoms with Gasteiger partial charge in [-0.3, -0.25) is 9.48 Å². The number of nitrogens with zero attached hydrogens (tertiary/aromatic N) is 4. The largest absolute Gasteiger partial charge is 0.325 e. The predicted octanol–water partition coefficient (Wildman–Crippen LogP) is 4.58. The highest BCUT2D eigenvalue weighted by Gasteiger charge is 2.29. The molecule has 0 saturated carbocycles. The normalized spacial score (nSPS) is 11.6. The van der Waals surface area contributed by atoms with Gasteiger partial charge < -0.3 is 5.73 Å². The van der Waals surface area contributed by atoms with E-state index in [9.17, 15) is 10.1 Å². The summed E-state index contributed by atoms with van der Waals surface area (Å²) in [5.74, 6) is -0.715. The maximum Gasteiger partial charge on any atom is 0.272 e. The third-order valence-corrected chi connectivity index (χ3v) is 6.36. The SMILES string of the molecule is C=CC(C)(C)c1cc(Cl)c(F)c(-c2c(-c3ccc4c(=O)[nH]nc(CN)c4c3)cnn2C)c1C#N. The number of nitrogens with two attached hydrogens (primary N) is 1. The second-order valence-electron chi connectivity index (χ2n) is 8.50. The van der Waals surface area contributed by atoms with Crippen molar-refractivity contribution >= 4 is 22.4 Å². The Morgan fingerprint density at radius 1 is 1.35 bits per heavy atom. The highest BCUT2D eigenvalue weighted by Crippen LogP contribution is 2.42. The van der Waals surface area contributed by atoms with E-state index in [0.717, 1.165) is 0 Å². The molecule has 4 rings (SSSR count). The van der Waals surface area contributed by atoms with Crippen LogP contribution in [0.5, 0.6) is 0 Å². The van der Waals surface area contributed by atoms with Gasteiger partial charge >= 0.3 is 0 Å². The highest BCUT2D eigenvalue weighted by atomic mass is 35.5. The van der Waals surface area contributed by atoms with Crippen molar-refractivity contribution in [1.29, 1.82) is 5.26 Å². The molecular formula is C25H22ClFN6O. The van der Waals surface area contributed by atoms with Crippen LogP contribution in [0, 0.1) is 17.1 Å². The number of halogens is 2. The zero-order valence-electron chi connectivity index (χ0n) is 18.9. The molecule has 0 spiro atoms. The van der Waals surface area contributed by atoms with E-state index in [1.165, 1.54) is 10.7 Å². The van der Waals surface area contributed by atoms with E-state index < -0.39 is 11.2 Å². The van der Waals surface area contributed by atoms with Crippen LogP contribution in [0.2, 0.25) is 5.02 Å². The molecule has 9 heteroatoms. The van der Waals surface area contributed by atoms with Crippen molar-refractivity contribution in [2.75, 3.05) is 0 Å². The fourth-order valence-corrected chi connectivity index (χ4v) is 4.27. The minimum atomic E-state index is -0.715. The summed E-state index contributed by atoms with van der Waals surface area (Å²) < 4.78 is 17.1. The van der Waals surface area contributed by atoms with Gasteiger partial charge in [0, 0.05) is 30.0 Å². The third kappa shape index (κ3) is 3.59. The van der Waals surface area contributed by atoms with Crippen molar-refractivity contribution in [3.63, 3.8) is 0 Å². The van der Waals surface area contributed by atoms with Gasteiger partial charge in [-0.15, -0.1) is 6.58 Å². The monoisotopic (exact) mass is 476 g/mol. The topological polar surface area (TPSA) is 113 Å². The van der Waals surface area contributed by atoms with Gasteiger partial charge in [0.05, 0.1) is 39.1 Å². The van der Waals surface area contributed by atoms with Crippen LogP contribution in [0.25, 0.3) is 33.2 Å². The Labute approximate surface area is 200 Å². The van der Waals surface area contributed by atoms with E-state index in [1.807, 2.05) is 13.8 Å². The molecule has 2 aromatic heterocycles. The summed E-state index contributed by atoms with van der Waals surface area (Å²) in [6, 6.07) is 8.80. The van der Waals surface area contributed by atoms with Crippen LogP contribution >= 0.6 is 11.6 Å². The number of hydrogen-bond donors (Lipinski definition) is 2. The molecule has 0 amide bonds. The fourth-order valence-electron chi connectivity index (χ4n) is 4.07. The van der Waals surface area contributed by atoms with E-state index in [4.69, 9.17) is 17.3 Å².